The van der Waals surface area contributed by atoms with Gasteiger partial charge in [0, 0.05) is 0 Å². The van der Waals surface area contributed by atoms with Crippen LogP contribution in [0, 0.1) is 6.92 Å². The first-order chi connectivity index (χ1) is 8.62. The van der Waals surface area contributed by atoms with Gasteiger partial charge in [0.1, 0.15) is 5.75 Å². The smallest absolute Gasteiger partial charge is 0.195 e. The van der Waals surface area contributed by atoms with Crippen molar-refractivity contribution in [3.05, 3.63) is 28.8 Å². The van der Waals surface area contributed by atoms with E-state index >= 15 is 0 Å². The Morgan fingerprint density at radius 3 is 2.56 bits per heavy atom. The SMILES string of the molecule is CCOc1c(C2(C)OCCO2)ccc(CO)c1C. The second-order valence-electron chi connectivity index (χ2n) is 4.46. The van der Waals surface area contributed by atoms with Gasteiger partial charge in [-0.1, -0.05) is 6.07 Å². The van der Waals surface area contributed by atoms with E-state index in [1.807, 2.05) is 32.9 Å². The summed E-state index contributed by atoms with van der Waals surface area (Å²) in [6.07, 6.45) is 0. The largest absolute Gasteiger partial charge is 0.493 e. The number of aliphatic hydroxyl groups is 1. The van der Waals surface area contributed by atoms with E-state index in [2.05, 4.69) is 0 Å². The highest BCUT2D eigenvalue weighted by Gasteiger charge is 2.36. The summed E-state index contributed by atoms with van der Waals surface area (Å²) < 4.78 is 17.1. The number of ether oxygens (including phenoxy) is 3. The zero-order chi connectivity index (χ0) is 13.2. The molecule has 0 atom stereocenters. The fourth-order valence-corrected chi connectivity index (χ4v) is 2.26. The molecule has 1 fully saturated rings. The molecule has 0 amide bonds. The van der Waals surface area contributed by atoms with Gasteiger partial charge in [-0.15, -0.1) is 0 Å². The summed E-state index contributed by atoms with van der Waals surface area (Å²) in [5.41, 5.74) is 2.69. The molecule has 0 saturated carbocycles. The van der Waals surface area contributed by atoms with Crippen molar-refractivity contribution in [2.24, 2.45) is 0 Å². The van der Waals surface area contributed by atoms with Gasteiger partial charge in [0.05, 0.1) is 32.0 Å². The molecule has 0 spiro atoms. The van der Waals surface area contributed by atoms with E-state index in [1.54, 1.807) is 0 Å². The fraction of sp³-hybridized carbons (Fsp3) is 0.571. The highest BCUT2D eigenvalue weighted by atomic mass is 16.7. The van der Waals surface area contributed by atoms with Gasteiger partial charge < -0.3 is 19.3 Å². The molecule has 4 nitrogen and oxygen atoms in total. The Kier molecular flexibility index (Phi) is 3.90. The van der Waals surface area contributed by atoms with Gasteiger partial charge >= 0.3 is 0 Å². The van der Waals surface area contributed by atoms with Crippen molar-refractivity contribution in [2.75, 3.05) is 19.8 Å². The minimum absolute atomic E-state index is 0.00458. The third-order valence-corrected chi connectivity index (χ3v) is 3.30. The van der Waals surface area contributed by atoms with Crippen LogP contribution >= 0.6 is 0 Å². The van der Waals surface area contributed by atoms with E-state index in [-0.39, 0.29) is 6.61 Å². The molecule has 1 N–H and O–H groups in total. The molecule has 1 saturated heterocycles. The maximum Gasteiger partial charge on any atom is 0.195 e. The van der Waals surface area contributed by atoms with Gasteiger partial charge in [-0.2, -0.15) is 0 Å². The topological polar surface area (TPSA) is 47.9 Å². The molecule has 1 aromatic carbocycles. The molecule has 1 aliphatic rings. The average Bonchev–Trinajstić information content (AvgIpc) is 2.80. The number of aliphatic hydroxyl groups excluding tert-OH is 1. The van der Waals surface area contributed by atoms with E-state index < -0.39 is 5.79 Å². The summed E-state index contributed by atoms with van der Waals surface area (Å²) in [5, 5.41) is 9.31. The summed E-state index contributed by atoms with van der Waals surface area (Å²) in [5.74, 6) is 0.0110. The van der Waals surface area contributed by atoms with Crippen molar-refractivity contribution in [1.82, 2.24) is 0 Å². The van der Waals surface area contributed by atoms with E-state index in [0.29, 0.717) is 19.8 Å². The van der Waals surface area contributed by atoms with Crippen LogP contribution in [-0.2, 0) is 21.9 Å². The Balaban J connectivity index is 2.49. The monoisotopic (exact) mass is 252 g/mol. The van der Waals surface area contributed by atoms with Gasteiger partial charge in [0.15, 0.2) is 5.79 Å². The maximum atomic E-state index is 9.31. The summed E-state index contributed by atoms with van der Waals surface area (Å²) in [7, 11) is 0. The summed E-state index contributed by atoms with van der Waals surface area (Å²) in [6.45, 7) is 7.52. The van der Waals surface area contributed by atoms with Crippen LogP contribution < -0.4 is 4.74 Å². The Morgan fingerprint density at radius 2 is 2.00 bits per heavy atom. The van der Waals surface area contributed by atoms with Gasteiger partial charge in [0.2, 0.25) is 0 Å². The van der Waals surface area contributed by atoms with Crippen LogP contribution in [0.3, 0.4) is 0 Å². The normalized spacial score (nSPS) is 18.0. The van der Waals surface area contributed by atoms with Crippen molar-refractivity contribution in [1.29, 1.82) is 0 Å². The van der Waals surface area contributed by atoms with Crippen LogP contribution in [0.1, 0.15) is 30.5 Å². The fourth-order valence-electron chi connectivity index (χ4n) is 2.26. The van der Waals surface area contributed by atoms with Gasteiger partial charge in [0.25, 0.3) is 0 Å². The first-order valence-corrected chi connectivity index (χ1v) is 6.27. The molecule has 0 aliphatic carbocycles. The van der Waals surface area contributed by atoms with E-state index in [0.717, 1.165) is 22.4 Å². The first kappa shape index (κ1) is 13.3. The van der Waals surface area contributed by atoms with Crippen LogP contribution in [0.25, 0.3) is 0 Å². The van der Waals surface area contributed by atoms with Crippen molar-refractivity contribution in [3.63, 3.8) is 0 Å². The molecule has 0 unspecified atom stereocenters. The third-order valence-electron chi connectivity index (χ3n) is 3.30. The molecule has 4 heteroatoms. The van der Waals surface area contributed by atoms with Crippen molar-refractivity contribution in [2.45, 2.75) is 33.2 Å². The number of hydrogen-bond acceptors (Lipinski definition) is 4. The molecule has 1 heterocycles. The van der Waals surface area contributed by atoms with E-state index in [1.165, 1.54) is 0 Å². The highest BCUT2D eigenvalue weighted by molar-refractivity contribution is 5.47. The number of benzene rings is 1. The van der Waals surface area contributed by atoms with E-state index in [4.69, 9.17) is 14.2 Å². The Hall–Kier alpha value is -1.10. The maximum absolute atomic E-state index is 9.31. The molecule has 100 valence electrons. The second kappa shape index (κ2) is 5.26. The van der Waals surface area contributed by atoms with Crippen LogP contribution in [-0.4, -0.2) is 24.9 Å². The van der Waals surface area contributed by atoms with Crippen molar-refractivity contribution in [3.8, 4) is 5.75 Å². The predicted octanol–water partition coefficient (Wildman–Crippen LogP) is 2.11. The molecule has 1 aliphatic heterocycles. The molecular weight excluding hydrogens is 232 g/mol. The summed E-state index contributed by atoms with van der Waals surface area (Å²) >= 11 is 0. The van der Waals surface area contributed by atoms with Crippen LogP contribution in [0.5, 0.6) is 5.75 Å². The minimum atomic E-state index is -0.747. The quantitative estimate of drug-likeness (QED) is 0.891. The van der Waals surface area contributed by atoms with Gasteiger partial charge in [-0.25, -0.2) is 0 Å². The lowest BCUT2D eigenvalue weighted by atomic mass is 9.98. The van der Waals surface area contributed by atoms with Crippen LogP contribution in [0.15, 0.2) is 12.1 Å². The third kappa shape index (κ3) is 2.23. The average molecular weight is 252 g/mol. The zero-order valence-corrected chi connectivity index (χ0v) is 11.2. The predicted molar refractivity (Wildman–Crippen MR) is 67.5 cm³/mol. The molecule has 0 radical (unpaired) electrons. The molecule has 0 bridgehead atoms. The molecular formula is C14H20O4. The van der Waals surface area contributed by atoms with Crippen LogP contribution in [0.2, 0.25) is 0 Å². The minimum Gasteiger partial charge on any atom is -0.493 e. The highest BCUT2D eigenvalue weighted by Crippen LogP contribution is 2.39. The zero-order valence-electron chi connectivity index (χ0n) is 11.2. The second-order valence-corrected chi connectivity index (χ2v) is 4.46. The van der Waals surface area contributed by atoms with E-state index in [9.17, 15) is 5.11 Å². The molecule has 1 aromatic rings. The summed E-state index contributed by atoms with van der Waals surface area (Å²) in [6, 6.07) is 3.80. The molecule has 18 heavy (non-hydrogen) atoms. The van der Waals surface area contributed by atoms with Crippen LogP contribution in [0.4, 0.5) is 0 Å². The molecule has 0 aromatic heterocycles. The van der Waals surface area contributed by atoms with Crippen molar-refractivity contribution >= 4 is 0 Å². The lowest BCUT2D eigenvalue weighted by molar-refractivity contribution is -0.150. The standard InChI is InChI=1S/C14H20O4/c1-4-16-13-10(2)11(9-15)5-6-12(13)14(3)17-7-8-18-14/h5-6,15H,4,7-9H2,1-3H3. The Bertz CT molecular complexity index is 422. The Morgan fingerprint density at radius 1 is 1.33 bits per heavy atom. The molecule has 2 rings (SSSR count). The van der Waals surface area contributed by atoms with Gasteiger partial charge in [-0.05, 0) is 38.0 Å². The van der Waals surface area contributed by atoms with Gasteiger partial charge in [-0.3, -0.25) is 0 Å². The summed E-state index contributed by atoms with van der Waals surface area (Å²) in [4.78, 5) is 0. The van der Waals surface area contributed by atoms with Crippen molar-refractivity contribution < 1.29 is 19.3 Å². The first-order valence-electron chi connectivity index (χ1n) is 6.27. The number of rotatable bonds is 4. The lowest BCUT2D eigenvalue weighted by Crippen LogP contribution is -2.24. The number of hydrogen-bond donors (Lipinski definition) is 1. The lowest BCUT2D eigenvalue weighted by Gasteiger charge is -2.27. The Labute approximate surface area is 107 Å².